The van der Waals surface area contributed by atoms with E-state index in [0.29, 0.717) is 13.2 Å². The monoisotopic (exact) mass is 324 g/mol. The fourth-order valence-electron chi connectivity index (χ4n) is 2.64. The highest BCUT2D eigenvalue weighted by Gasteiger charge is 2.10. The number of aliphatic hydroxyl groups excluding tert-OH is 1. The summed E-state index contributed by atoms with van der Waals surface area (Å²) in [6.07, 6.45) is 2.09. The van der Waals surface area contributed by atoms with Gasteiger partial charge in [0.15, 0.2) is 4.96 Å². The Balaban J connectivity index is 1.71. The van der Waals surface area contributed by atoms with Crippen LogP contribution in [0.1, 0.15) is 5.56 Å². The molecule has 0 unspecified atom stereocenters. The Hall–Kier alpha value is -2.21. The number of fused-ring (bicyclic) bond motifs is 3. The molecule has 0 atom stereocenters. The van der Waals surface area contributed by atoms with E-state index in [1.807, 2.05) is 18.2 Å². The van der Waals surface area contributed by atoms with Crippen LogP contribution in [0.5, 0.6) is 0 Å². The molecule has 2 aromatic heterocycles. The minimum atomic E-state index is 0.0529. The normalized spacial score (nSPS) is 11.5. The van der Waals surface area contributed by atoms with E-state index in [2.05, 4.69) is 40.9 Å². The standard InChI is InChI=1S/C18H16N2O2S/c21-8-9-22-12-13-6-7-16-17(10-13)23-18-19-15(11-20(16)18)14-4-2-1-3-5-14/h1-7,10-11,21H,8-9,12H2. The highest BCUT2D eigenvalue weighted by atomic mass is 32.1. The quantitative estimate of drug-likeness (QED) is 0.569. The molecule has 5 heteroatoms. The van der Waals surface area contributed by atoms with Crippen LogP contribution >= 0.6 is 11.3 Å². The van der Waals surface area contributed by atoms with Gasteiger partial charge in [-0.2, -0.15) is 0 Å². The SMILES string of the molecule is OCCOCc1ccc2c(c1)sc1nc(-c3ccccc3)cn12. The molecule has 4 nitrogen and oxygen atoms in total. The zero-order valence-electron chi connectivity index (χ0n) is 12.5. The first-order valence-corrected chi connectivity index (χ1v) is 8.31. The van der Waals surface area contributed by atoms with Crippen molar-refractivity contribution in [2.45, 2.75) is 6.61 Å². The maximum Gasteiger partial charge on any atom is 0.195 e. The highest BCUT2D eigenvalue weighted by molar-refractivity contribution is 7.23. The van der Waals surface area contributed by atoms with Crippen LogP contribution < -0.4 is 0 Å². The number of hydrogen-bond donors (Lipinski definition) is 1. The molecule has 1 N–H and O–H groups in total. The van der Waals surface area contributed by atoms with E-state index in [4.69, 9.17) is 14.8 Å². The number of imidazole rings is 1. The third kappa shape index (κ3) is 2.74. The van der Waals surface area contributed by atoms with Crippen LogP contribution in [0, 0.1) is 0 Å². The molecule has 0 aliphatic heterocycles. The lowest BCUT2D eigenvalue weighted by atomic mass is 10.2. The average Bonchev–Trinajstić information content (AvgIpc) is 3.13. The fourth-order valence-corrected chi connectivity index (χ4v) is 3.71. The predicted octanol–water partition coefficient (Wildman–Crippen LogP) is 3.72. The molecule has 0 bridgehead atoms. The Bertz CT molecular complexity index is 944. The van der Waals surface area contributed by atoms with Crippen LogP contribution in [0.15, 0.2) is 54.7 Å². The highest BCUT2D eigenvalue weighted by Crippen LogP contribution is 2.30. The Kier molecular flexibility index (Phi) is 3.83. The minimum absolute atomic E-state index is 0.0529. The number of aromatic nitrogens is 2. The van der Waals surface area contributed by atoms with Crippen molar-refractivity contribution < 1.29 is 9.84 Å². The summed E-state index contributed by atoms with van der Waals surface area (Å²) in [7, 11) is 0. The van der Waals surface area contributed by atoms with Crippen molar-refractivity contribution in [2.24, 2.45) is 0 Å². The summed E-state index contributed by atoms with van der Waals surface area (Å²) in [4.78, 5) is 5.74. The van der Waals surface area contributed by atoms with Crippen LogP contribution in [0.3, 0.4) is 0 Å². The zero-order valence-corrected chi connectivity index (χ0v) is 13.3. The molecule has 2 heterocycles. The molecule has 4 rings (SSSR count). The van der Waals surface area contributed by atoms with E-state index < -0.39 is 0 Å². The lowest BCUT2D eigenvalue weighted by molar-refractivity contribution is 0.0816. The summed E-state index contributed by atoms with van der Waals surface area (Å²) in [6, 6.07) is 16.5. The minimum Gasteiger partial charge on any atom is -0.394 e. The van der Waals surface area contributed by atoms with E-state index in [0.717, 1.165) is 27.3 Å². The number of aliphatic hydroxyl groups is 1. The summed E-state index contributed by atoms with van der Waals surface area (Å²) in [5.74, 6) is 0. The number of rotatable bonds is 5. The molecule has 0 amide bonds. The van der Waals surface area contributed by atoms with E-state index in [9.17, 15) is 0 Å². The third-order valence-corrected chi connectivity index (χ3v) is 4.75. The third-order valence-electron chi connectivity index (χ3n) is 3.73. The molecule has 4 aromatic rings. The first-order chi connectivity index (χ1) is 11.3. The van der Waals surface area contributed by atoms with Gasteiger partial charge in [-0.05, 0) is 17.7 Å². The summed E-state index contributed by atoms with van der Waals surface area (Å²) in [5.41, 5.74) is 4.39. The second-order valence-electron chi connectivity index (χ2n) is 5.33. The lowest BCUT2D eigenvalue weighted by Crippen LogP contribution is -1.98. The van der Waals surface area contributed by atoms with Gasteiger partial charge < -0.3 is 9.84 Å². The Morgan fingerprint density at radius 2 is 2.00 bits per heavy atom. The van der Waals surface area contributed by atoms with Gasteiger partial charge in [-0.25, -0.2) is 4.98 Å². The van der Waals surface area contributed by atoms with Crippen molar-refractivity contribution in [1.29, 1.82) is 0 Å². The molecule has 0 aliphatic rings. The first-order valence-electron chi connectivity index (χ1n) is 7.50. The van der Waals surface area contributed by atoms with Gasteiger partial charge in [0, 0.05) is 11.8 Å². The van der Waals surface area contributed by atoms with Crippen molar-refractivity contribution >= 4 is 26.5 Å². The predicted molar refractivity (Wildman–Crippen MR) is 92.8 cm³/mol. The van der Waals surface area contributed by atoms with Crippen molar-refractivity contribution in [3.63, 3.8) is 0 Å². The smallest absolute Gasteiger partial charge is 0.195 e. The summed E-state index contributed by atoms with van der Waals surface area (Å²) >= 11 is 1.68. The van der Waals surface area contributed by atoms with Crippen LogP contribution in [0.4, 0.5) is 0 Å². The van der Waals surface area contributed by atoms with Crippen LogP contribution in [-0.2, 0) is 11.3 Å². The first kappa shape index (κ1) is 14.4. The maximum absolute atomic E-state index is 8.77. The van der Waals surface area contributed by atoms with Crippen molar-refractivity contribution in [2.75, 3.05) is 13.2 Å². The molecule has 0 aliphatic carbocycles. The molecule has 23 heavy (non-hydrogen) atoms. The Morgan fingerprint density at radius 3 is 2.83 bits per heavy atom. The van der Waals surface area contributed by atoms with Gasteiger partial charge in [0.2, 0.25) is 0 Å². The second kappa shape index (κ2) is 6.12. The topological polar surface area (TPSA) is 46.8 Å². The number of hydrogen-bond acceptors (Lipinski definition) is 4. The van der Waals surface area contributed by atoms with E-state index >= 15 is 0 Å². The van der Waals surface area contributed by atoms with Gasteiger partial charge in [0.25, 0.3) is 0 Å². The van der Waals surface area contributed by atoms with Crippen LogP contribution in [0.25, 0.3) is 26.4 Å². The Labute approximate surface area is 137 Å². The van der Waals surface area contributed by atoms with Crippen molar-refractivity contribution in [3.8, 4) is 11.3 Å². The van der Waals surface area contributed by atoms with Crippen LogP contribution in [0.2, 0.25) is 0 Å². The van der Waals surface area contributed by atoms with Crippen molar-refractivity contribution in [3.05, 3.63) is 60.3 Å². The van der Waals surface area contributed by atoms with Gasteiger partial charge in [0.05, 0.1) is 35.7 Å². The molecule has 0 fully saturated rings. The van der Waals surface area contributed by atoms with Gasteiger partial charge in [-0.1, -0.05) is 47.7 Å². The molecule has 0 saturated carbocycles. The molecule has 2 aromatic carbocycles. The van der Waals surface area contributed by atoms with Gasteiger partial charge in [0.1, 0.15) is 0 Å². The zero-order chi connectivity index (χ0) is 15.6. The molecule has 116 valence electrons. The maximum atomic E-state index is 8.77. The van der Waals surface area contributed by atoms with Gasteiger partial charge in [-0.15, -0.1) is 0 Å². The fraction of sp³-hybridized carbons (Fsp3) is 0.167. The number of ether oxygens (including phenoxy) is 1. The van der Waals surface area contributed by atoms with E-state index in [1.54, 1.807) is 11.3 Å². The molecule has 0 spiro atoms. The molecular weight excluding hydrogens is 308 g/mol. The largest absolute Gasteiger partial charge is 0.394 e. The second-order valence-corrected chi connectivity index (χ2v) is 6.33. The summed E-state index contributed by atoms with van der Waals surface area (Å²) < 4.78 is 8.71. The van der Waals surface area contributed by atoms with Crippen molar-refractivity contribution in [1.82, 2.24) is 9.38 Å². The summed E-state index contributed by atoms with van der Waals surface area (Å²) in [5, 5.41) is 8.77. The number of benzene rings is 2. The molecule has 0 radical (unpaired) electrons. The van der Waals surface area contributed by atoms with Gasteiger partial charge >= 0.3 is 0 Å². The van der Waals surface area contributed by atoms with Crippen LogP contribution in [-0.4, -0.2) is 27.7 Å². The lowest BCUT2D eigenvalue weighted by Gasteiger charge is -2.02. The Morgan fingerprint density at radius 1 is 1.13 bits per heavy atom. The average molecular weight is 324 g/mol. The number of nitrogens with zero attached hydrogens (tertiary/aromatic N) is 2. The molecular formula is C18H16N2O2S. The number of thiazole rings is 1. The summed E-state index contributed by atoms with van der Waals surface area (Å²) in [6.45, 7) is 0.940. The van der Waals surface area contributed by atoms with E-state index in [-0.39, 0.29) is 6.61 Å². The van der Waals surface area contributed by atoms with Gasteiger partial charge in [-0.3, -0.25) is 4.40 Å². The molecule has 0 saturated heterocycles. The van der Waals surface area contributed by atoms with E-state index in [1.165, 1.54) is 4.70 Å².